The average Bonchev–Trinajstić information content (AvgIpc) is 2.84. The number of hydrogen-bond donors (Lipinski definition) is 1. The maximum atomic E-state index is 13.7. The SMILES string of the molecule is O[C@@H]1[C@@H](F)[C@@H]2OC[C@@H](O2)[C@H]1OCc1ccccc1. The standard InChI is InChI=1S/C13H15FO4/c14-10-11(15)12(9-7-17-13(10)18-9)16-6-8-4-2-1-3-5-8/h1-5,9-13,15H,6-7H2/t9-,10-,11-,12-,13-/m1/s1. The summed E-state index contributed by atoms with van der Waals surface area (Å²) in [4.78, 5) is 0. The minimum atomic E-state index is -1.55. The van der Waals surface area contributed by atoms with E-state index in [1.165, 1.54) is 0 Å². The fourth-order valence-corrected chi connectivity index (χ4v) is 2.31. The molecule has 1 aromatic rings. The van der Waals surface area contributed by atoms with Crippen LogP contribution in [0.5, 0.6) is 0 Å². The topological polar surface area (TPSA) is 47.9 Å². The molecule has 2 aliphatic heterocycles. The largest absolute Gasteiger partial charge is 0.387 e. The monoisotopic (exact) mass is 254 g/mol. The van der Waals surface area contributed by atoms with E-state index in [9.17, 15) is 9.50 Å². The lowest BCUT2D eigenvalue weighted by atomic mass is 10.0. The van der Waals surface area contributed by atoms with Gasteiger partial charge >= 0.3 is 0 Å². The number of aliphatic hydroxyl groups is 1. The first-order chi connectivity index (χ1) is 8.75. The number of rotatable bonds is 3. The predicted molar refractivity (Wildman–Crippen MR) is 60.5 cm³/mol. The Bertz CT molecular complexity index is 399. The van der Waals surface area contributed by atoms with Crippen molar-refractivity contribution in [2.24, 2.45) is 0 Å². The molecule has 3 rings (SSSR count). The lowest BCUT2D eigenvalue weighted by molar-refractivity contribution is -0.221. The molecule has 2 heterocycles. The normalized spacial score (nSPS) is 38.9. The van der Waals surface area contributed by atoms with Gasteiger partial charge in [0.2, 0.25) is 0 Å². The molecule has 2 aliphatic rings. The van der Waals surface area contributed by atoms with Crippen LogP contribution in [-0.4, -0.2) is 42.5 Å². The lowest BCUT2D eigenvalue weighted by Crippen LogP contribution is -2.53. The first kappa shape index (κ1) is 12.0. The third kappa shape index (κ3) is 2.14. The molecule has 0 amide bonds. The number of hydrogen-bond acceptors (Lipinski definition) is 4. The van der Waals surface area contributed by atoms with Crippen molar-refractivity contribution in [3.8, 4) is 0 Å². The third-order valence-corrected chi connectivity index (χ3v) is 3.31. The van der Waals surface area contributed by atoms with Crippen LogP contribution in [0, 0.1) is 0 Å². The van der Waals surface area contributed by atoms with E-state index in [1.54, 1.807) is 0 Å². The first-order valence-corrected chi connectivity index (χ1v) is 6.00. The second-order valence-corrected chi connectivity index (χ2v) is 4.57. The molecular formula is C13H15FO4. The second kappa shape index (κ2) is 4.93. The predicted octanol–water partition coefficient (Wildman–Crippen LogP) is 1.03. The Kier molecular flexibility index (Phi) is 3.30. The molecule has 1 aromatic carbocycles. The molecule has 18 heavy (non-hydrogen) atoms. The summed E-state index contributed by atoms with van der Waals surface area (Å²) in [6, 6.07) is 9.54. The van der Waals surface area contributed by atoms with Crippen molar-refractivity contribution in [3.63, 3.8) is 0 Å². The van der Waals surface area contributed by atoms with Crippen molar-refractivity contribution < 1.29 is 23.7 Å². The Morgan fingerprint density at radius 2 is 2.11 bits per heavy atom. The van der Waals surface area contributed by atoms with Crippen LogP contribution in [0.15, 0.2) is 30.3 Å². The Labute approximate surface area is 104 Å². The van der Waals surface area contributed by atoms with Crippen LogP contribution in [0.2, 0.25) is 0 Å². The van der Waals surface area contributed by atoms with Crippen molar-refractivity contribution in [3.05, 3.63) is 35.9 Å². The van der Waals surface area contributed by atoms with Gasteiger partial charge in [0.25, 0.3) is 0 Å². The van der Waals surface area contributed by atoms with Gasteiger partial charge in [0, 0.05) is 0 Å². The van der Waals surface area contributed by atoms with Crippen LogP contribution in [-0.2, 0) is 20.8 Å². The summed E-state index contributed by atoms with van der Waals surface area (Å²) in [6.45, 7) is 0.585. The summed E-state index contributed by atoms with van der Waals surface area (Å²) in [5.74, 6) is 0. The zero-order chi connectivity index (χ0) is 12.5. The lowest BCUT2D eigenvalue weighted by Gasteiger charge is -2.34. The van der Waals surface area contributed by atoms with Crippen LogP contribution in [0.3, 0.4) is 0 Å². The number of ether oxygens (including phenoxy) is 3. The van der Waals surface area contributed by atoms with Crippen LogP contribution in [0.25, 0.3) is 0 Å². The van der Waals surface area contributed by atoms with Crippen LogP contribution >= 0.6 is 0 Å². The van der Waals surface area contributed by atoms with Gasteiger partial charge in [0.05, 0.1) is 13.2 Å². The summed E-state index contributed by atoms with van der Waals surface area (Å²) in [5, 5.41) is 9.84. The Hall–Kier alpha value is -1.01. The zero-order valence-electron chi connectivity index (χ0n) is 9.74. The molecule has 0 spiro atoms. The van der Waals surface area contributed by atoms with Crippen molar-refractivity contribution in [1.82, 2.24) is 0 Å². The molecule has 4 nitrogen and oxygen atoms in total. The molecule has 0 saturated carbocycles. The molecule has 0 aliphatic carbocycles. The van der Waals surface area contributed by atoms with Crippen LogP contribution < -0.4 is 0 Å². The van der Waals surface area contributed by atoms with Crippen molar-refractivity contribution >= 4 is 0 Å². The summed E-state index contributed by atoms with van der Waals surface area (Å²) in [5.41, 5.74) is 0.973. The molecule has 98 valence electrons. The van der Waals surface area contributed by atoms with E-state index in [1.807, 2.05) is 30.3 Å². The van der Waals surface area contributed by atoms with E-state index < -0.39 is 24.7 Å². The molecule has 1 N–H and O–H groups in total. The molecule has 2 fully saturated rings. The number of aliphatic hydroxyl groups excluding tert-OH is 1. The van der Waals surface area contributed by atoms with Gasteiger partial charge in [-0.3, -0.25) is 0 Å². The van der Waals surface area contributed by atoms with Gasteiger partial charge < -0.3 is 19.3 Å². The van der Waals surface area contributed by atoms with E-state index >= 15 is 0 Å². The summed E-state index contributed by atoms with van der Waals surface area (Å²) < 4.78 is 29.7. The zero-order valence-corrected chi connectivity index (χ0v) is 9.74. The molecule has 0 radical (unpaired) electrons. The fourth-order valence-electron chi connectivity index (χ4n) is 2.31. The van der Waals surface area contributed by atoms with E-state index in [2.05, 4.69) is 0 Å². The molecule has 2 bridgehead atoms. The number of halogens is 1. The van der Waals surface area contributed by atoms with Crippen molar-refractivity contribution in [2.45, 2.75) is 37.4 Å². The highest BCUT2D eigenvalue weighted by molar-refractivity contribution is 5.13. The fraction of sp³-hybridized carbons (Fsp3) is 0.538. The number of alkyl halides is 1. The minimum absolute atomic E-state index is 0.265. The van der Waals surface area contributed by atoms with Gasteiger partial charge in [0.1, 0.15) is 18.3 Å². The third-order valence-electron chi connectivity index (χ3n) is 3.31. The van der Waals surface area contributed by atoms with Gasteiger partial charge in [0.15, 0.2) is 12.5 Å². The van der Waals surface area contributed by atoms with Crippen LogP contribution in [0.1, 0.15) is 5.56 Å². The summed E-state index contributed by atoms with van der Waals surface area (Å²) >= 11 is 0. The smallest absolute Gasteiger partial charge is 0.192 e. The maximum absolute atomic E-state index is 13.7. The van der Waals surface area contributed by atoms with E-state index in [4.69, 9.17) is 14.2 Å². The van der Waals surface area contributed by atoms with Crippen LogP contribution in [0.4, 0.5) is 4.39 Å². The first-order valence-electron chi connectivity index (χ1n) is 6.00. The molecule has 0 unspecified atom stereocenters. The summed E-state index contributed by atoms with van der Waals surface area (Å²) in [6.07, 6.45) is -4.76. The minimum Gasteiger partial charge on any atom is -0.387 e. The molecule has 5 atom stereocenters. The number of benzene rings is 1. The molecular weight excluding hydrogens is 239 g/mol. The highest BCUT2D eigenvalue weighted by Crippen LogP contribution is 2.32. The van der Waals surface area contributed by atoms with Gasteiger partial charge in [-0.25, -0.2) is 4.39 Å². The van der Waals surface area contributed by atoms with Gasteiger partial charge in [-0.05, 0) is 5.56 Å². The van der Waals surface area contributed by atoms with E-state index in [0.29, 0.717) is 6.61 Å². The molecule has 5 heteroatoms. The van der Waals surface area contributed by atoms with Gasteiger partial charge in [-0.1, -0.05) is 30.3 Å². The Morgan fingerprint density at radius 3 is 2.89 bits per heavy atom. The number of fused-ring (bicyclic) bond motifs is 2. The van der Waals surface area contributed by atoms with E-state index in [0.717, 1.165) is 5.56 Å². The van der Waals surface area contributed by atoms with Crippen molar-refractivity contribution in [2.75, 3.05) is 6.61 Å². The maximum Gasteiger partial charge on any atom is 0.192 e. The van der Waals surface area contributed by atoms with Gasteiger partial charge in [-0.15, -0.1) is 0 Å². The Morgan fingerprint density at radius 1 is 1.33 bits per heavy atom. The highest BCUT2D eigenvalue weighted by atomic mass is 19.1. The molecule has 2 saturated heterocycles. The van der Waals surface area contributed by atoms with Gasteiger partial charge in [-0.2, -0.15) is 0 Å². The Balaban J connectivity index is 1.65. The second-order valence-electron chi connectivity index (χ2n) is 4.57. The van der Waals surface area contributed by atoms with E-state index in [-0.39, 0.29) is 12.7 Å². The molecule has 0 aromatic heterocycles. The van der Waals surface area contributed by atoms with Crippen molar-refractivity contribution in [1.29, 1.82) is 0 Å². The summed E-state index contributed by atoms with van der Waals surface area (Å²) in [7, 11) is 0. The quantitative estimate of drug-likeness (QED) is 0.875. The highest BCUT2D eigenvalue weighted by Gasteiger charge is 2.51. The average molecular weight is 254 g/mol.